The Balaban J connectivity index is 1.85. The van der Waals surface area contributed by atoms with Crippen LogP contribution in [0.15, 0.2) is 18.5 Å². The fraction of sp³-hybridized carbons (Fsp3) is 0.692. The highest BCUT2D eigenvalue weighted by molar-refractivity contribution is 5.17. The lowest BCUT2D eigenvalue weighted by atomic mass is 10.1. The van der Waals surface area contributed by atoms with Crippen LogP contribution in [0.4, 0.5) is 0 Å². The van der Waals surface area contributed by atoms with Gasteiger partial charge in [-0.05, 0) is 36.8 Å². The molecule has 2 N–H and O–H groups in total. The summed E-state index contributed by atoms with van der Waals surface area (Å²) in [5, 5.41) is 0. The summed E-state index contributed by atoms with van der Waals surface area (Å²) in [6, 6.07) is 2.48. The minimum absolute atomic E-state index is 0.289. The fourth-order valence-electron chi connectivity index (χ4n) is 2.07. The Bertz CT molecular complexity index is 299. The van der Waals surface area contributed by atoms with Gasteiger partial charge in [-0.1, -0.05) is 19.8 Å². The minimum atomic E-state index is 0.289. The minimum Gasteiger partial charge on any atom is -0.354 e. The lowest BCUT2D eigenvalue weighted by Crippen LogP contribution is -2.11. The van der Waals surface area contributed by atoms with Crippen LogP contribution in [0.5, 0.6) is 0 Å². The van der Waals surface area contributed by atoms with Gasteiger partial charge in [0, 0.05) is 25.0 Å². The molecule has 1 atom stereocenters. The molecule has 15 heavy (non-hydrogen) atoms. The Morgan fingerprint density at radius 3 is 2.93 bits per heavy atom. The van der Waals surface area contributed by atoms with Crippen LogP contribution in [0, 0.1) is 5.92 Å². The van der Waals surface area contributed by atoms with E-state index in [2.05, 4.69) is 30.0 Å². The molecule has 1 fully saturated rings. The van der Waals surface area contributed by atoms with Crippen LogP contribution in [-0.4, -0.2) is 4.57 Å². The number of unbranched alkanes of at least 4 members (excludes halogenated alkanes) is 2. The zero-order valence-electron chi connectivity index (χ0n) is 9.65. The Morgan fingerprint density at radius 2 is 2.27 bits per heavy atom. The molecule has 1 aromatic rings. The van der Waals surface area contributed by atoms with Crippen molar-refractivity contribution in [1.82, 2.24) is 4.57 Å². The summed E-state index contributed by atoms with van der Waals surface area (Å²) in [5.41, 5.74) is 7.48. The third kappa shape index (κ3) is 2.85. The summed E-state index contributed by atoms with van der Waals surface area (Å²) in [6.45, 7) is 3.38. The summed E-state index contributed by atoms with van der Waals surface area (Å²) in [6.07, 6.45) is 10.9. The van der Waals surface area contributed by atoms with Crippen molar-refractivity contribution in [3.63, 3.8) is 0 Å². The SMILES string of the molecule is CCCCCn1ccc(C(N)C2CC2)c1. The molecular formula is C13H22N2. The van der Waals surface area contributed by atoms with Crippen LogP contribution in [0.2, 0.25) is 0 Å². The topological polar surface area (TPSA) is 30.9 Å². The van der Waals surface area contributed by atoms with Crippen molar-refractivity contribution in [2.75, 3.05) is 0 Å². The molecule has 1 aromatic heterocycles. The van der Waals surface area contributed by atoms with E-state index in [1.807, 2.05) is 0 Å². The van der Waals surface area contributed by atoms with E-state index in [0.29, 0.717) is 0 Å². The van der Waals surface area contributed by atoms with Gasteiger partial charge in [0.15, 0.2) is 0 Å². The van der Waals surface area contributed by atoms with Gasteiger partial charge >= 0.3 is 0 Å². The van der Waals surface area contributed by atoms with E-state index in [1.54, 1.807) is 0 Å². The first-order valence-electron chi connectivity index (χ1n) is 6.22. The largest absolute Gasteiger partial charge is 0.354 e. The number of aryl methyl sites for hydroxylation is 1. The number of nitrogens with two attached hydrogens (primary N) is 1. The van der Waals surface area contributed by atoms with Crippen LogP contribution >= 0.6 is 0 Å². The molecule has 2 nitrogen and oxygen atoms in total. The molecule has 2 heteroatoms. The van der Waals surface area contributed by atoms with Crippen molar-refractivity contribution in [2.24, 2.45) is 11.7 Å². The quantitative estimate of drug-likeness (QED) is 0.712. The molecule has 0 aromatic carbocycles. The molecule has 1 heterocycles. The van der Waals surface area contributed by atoms with Gasteiger partial charge in [0.2, 0.25) is 0 Å². The Kier molecular flexibility index (Phi) is 3.47. The van der Waals surface area contributed by atoms with Crippen molar-refractivity contribution in [3.8, 4) is 0 Å². The van der Waals surface area contributed by atoms with Crippen LogP contribution in [0.3, 0.4) is 0 Å². The second-order valence-electron chi connectivity index (χ2n) is 4.75. The molecule has 0 radical (unpaired) electrons. The summed E-state index contributed by atoms with van der Waals surface area (Å²) in [4.78, 5) is 0. The van der Waals surface area contributed by atoms with Crippen LogP contribution in [-0.2, 0) is 6.54 Å². The Hall–Kier alpha value is -0.760. The van der Waals surface area contributed by atoms with Crippen molar-refractivity contribution >= 4 is 0 Å². The van der Waals surface area contributed by atoms with E-state index in [0.717, 1.165) is 12.5 Å². The van der Waals surface area contributed by atoms with Gasteiger partial charge < -0.3 is 10.3 Å². The van der Waals surface area contributed by atoms with Gasteiger partial charge in [-0.3, -0.25) is 0 Å². The zero-order valence-corrected chi connectivity index (χ0v) is 9.65. The first-order chi connectivity index (χ1) is 7.31. The molecule has 0 spiro atoms. The smallest absolute Gasteiger partial charge is 0.0338 e. The fourth-order valence-corrected chi connectivity index (χ4v) is 2.07. The number of nitrogens with zero attached hydrogens (tertiary/aromatic N) is 1. The molecular weight excluding hydrogens is 184 g/mol. The summed E-state index contributed by atoms with van der Waals surface area (Å²) >= 11 is 0. The predicted octanol–water partition coefficient (Wildman–Crippen LogP) is 3.09. The molecule has 0 saturated heterocycles. The molecule has 0 amide bonds. The van der Waals surface area contributed by atoms with Gasteiger partial charge in [0.05, 0.1) is 0 Å². The number of hydrogen-bond donors (Lipinski definition) is 1. The standard InChI is InChI=1S/C13H22N2/c1-2-3-4-8-15-9-7-12(10-15)13(14)11-5-6-11/h7,9-11,13H,2-6,8,14H2,1H3. The van der Waals surface area contributed by atoms with Crippen molar-refractivity contribution < 1.29 is 0 Å². The van der Waals surface area contributed by atoms with Crippen LogP contribution in [0.25, 0.3) is 0 Å². The average molecular weight is 206 g/mol. The van der Waals surface area contributed by atoms with E-state index >= 15 is 0 Å². The van der Waals surface area contributed by atoms with Crippen molar-refractivity contribution in [3.05, 3.63) is 24.0 Å². The van der Waals surface area contributed by atoms with Crippen molar-refractivity contribution in [1.29, 1.82) is 0 Å². The highest BCUT2D eigenvalue weighted by Gasteiger charge is 2.29. The molecule has 0 aliphatic heterocycles. The maximum Gasteiger partial charge on any atom is 0.0338 e. The molecule has 1 unspecified atom stereocenters. The highest BCUT2D eigenvalue weighted by atomic mass is 14.9. The molecule has 1 aliphatic carbocycles. The third-order valence-corrected chi connectivity index (χ3v) is 3.31. The van der Waals surface area contributed by atoms with E-state index in [4.69, 9.17) is 5.73 Å². The van der Waals surface area contributed by atoms with Gasteiger partial charge in [-0.2, -0.15) is 0 Å². The molecule has 1 aliphatic rings. The lowest BCUT2D eigenvalue weighted by Gasteiger charge is -2.07. The third-order valence-electron chi connectivity index (χ3n) is 3.31. The molecule has 0 bridgehead atoms. The predicted molar refractivity (Wildman–Crippen MR) is 63.6 cm³/mol. The van der Waals surface area contributed by atoms with Gasteiger partial charge in [0.25, 0.3) is 0 Å². The maximum atomic E-state index is 6.16. The van der Waals surface area contributed by atoms with Gasteiger partial charge in [-0.15, -0.1) is 0 Å². The monoisotopic (exact) mass is 206 g/mol. The van der Waals surface area contributed by atoms with Crippen molar-refractivity contribution in [2.45, 2.75) is 51.6 Å². The second-order valence-corrected chi connectivity index (χ2v) is 4.75. The van der Waals surface area contributed by atoms with Crippen LogP contribution < -0.4 is 5.73 Å². The first-order valence-corrected chi connectivity index (χ1v) is 6.22. The number of hydrogen-bond acceptors (Lipinski definition) is 1. The zero-order chi connectivity index (χ0) is 10.7. The molecule has 2 rings (SSSR count). The summed E-state index contributed by atoms with van der Waals surface area (Å²) in [7, 11) is 0. The maximum absolute atomic E-state index is 6.16. The van der Waals surface area contributed by atoms with Gasteiger partial charge in [0.1, 0.15) is 0 Å². The Labute approximate surface area is 92.5 Å². The number of aromatic nitrogens is 1. The van der Waals surface area contributed by atoms with Crippen LogP contribution in [0.1, 0.15) is 50.6 Å². The van der Waals surface area contributed by atoms with E-state index in [1.165, 1.54) is 37.7 Å². The van der Waals surface area contributed by atoms with E-state index in [9.17, 15) is 0 Å². The lowest BCUT2D eigenvalue weighted by molar-refractivity contribution is 0.595. The summed E-state index contributed by atoms with van der Waals surface area (Å²) < 4.78 is 2.28. The van der Waals surface area contributed by atoms with Gasteiger partial charge in [-0.25, -0.2) is 0 Å². The Morgan fingerprint density at radius 1 is 1.47 bits per heavy atom. The molecule has 84 valence electrons. The normalized spacial score (nSPS) is 18.0. The van der Waals surface area contributed by atoms with E-state index in [-0.39, 0.29) is 6.04 Å². The van der Waals surface area contributed by atoms with E-state index < -0.39 is 0 Å². The number of rotatable bonds is 6. The summed E-state index contributed by atoms with van der Waals surface area (Å²) in [5.74, 6) is 0.761. The highest BCUT2D eigenvalue weighted by Crippen LogP contribution is 2.39. The molecule has 1 saturated carbocycles. The second kappa shape index (κ2) is 4.84. The average Bonchev–Trinajstić information content (AvgIpc) is 2.98. The first kappa shape index (κ1) is 10.7.